The molecular formula is C11H13NO4. The number of carboxylic acid groups (broad SMARTS) is 1. The molecule has 0 aromatic heterocycles. The van der Waals surface area contributed by atoms with Crippen LogP contribution in [0.2, 0.25) is 0 Å². The molecule has 86 valence electrons. The average molecular weight is 223 g/mol. The Bertz CT molecular complexity index is 414. The fourth-order valence-electron chi connectivity index (χ4n) is 1.19. The molecule has 0 bridgehead atoms. The summed E-state index contributed by atoms with van der Waals surface area (Å²) in [4.78, 5) is 22.1. The zero-order chi connectivity index (χ0) is 12.1. The lowest BCUT2D eigenvalue weighted by atomic mass is 10.1. The van der Waals surface area contributed by atoms with Crippen LogP contribution in [0.4, 0.5) is 0 Å². The number of benzene rings is 1. The minimum atomic E-state index is -1.22. The molecular weight excluding hydrogens is 210 g/mol. The third-order valence-corrected chi connectivity index (χ3v) is 2.03. The number of carboxylic acids is 1. The van der Waals surface area contributed by atoms with Crippen LogP contribution >= 0.6 is 0 Å². The van der Waals surface area contributed by atoms with E-state index in [9.17, 15) is 14.7 Å². The van der Waals surface area contributed by atoms with E-state index in [1.165, 1.54) is 12.1 Å². The molecule has 0 aliphatic carbocycles. The molecule has 0 fully saturated rings. The van der Waals surface area contributed by atoms with Gasteiger partial charge >= 0.3 is 5.97 Å². The molecule has 0 saturated carbocycles. The predicted octanol–water partition coefficient (Wildman–Crippen LogP) is 1.23. The number of nitrogens with one attached hydrogen (secondary N) is 1. The summed E-state index contributed by atoms with van der Waals surface area (Å²) in [5.74, 6) is -1.95. The summed E-state index contributed by atoms with van der Waals surface area (Å²) >= 11 is 0. The Kier molecular flexibility index (Phi) is 3.88. The Morgan fingerprint density at radius 2 is 2.06 bits per heavy atom. The number of hydrogen-bond donors (Lipinski definition) is 3. The molecule has 0 radical (unpaired) electrons. The Balaban J connectivity index is 2.88. The van der Waals surface area contributed by atoms with Crippen molar-refractivity contribution in [3.05, 3.63) is 29.3 Å². The highest BCUT2D eigenvalue weighted by Gasteiger charge is 2.12. The van der Waals surface area contributed by atoms with Gasteiger partial charge in [0.1, 0.15) is 11.3 Å². The largest absolute Gasteiger partial charge is 0.507 e. The number of aromatic hydroxyl groups is 1. The Labute approximate surface area is 92.7 Å². The highest BCUT2D eigenvalue weighted by Crippen LogP contribution is 2.18. The third kappa shape index (κ3) is 2.73. The van der Waals surface area contributed by atoms with Crippen molar-refractivity contribution in [2.75, 3.05) is 6.54 Å². The molecule has 5 nitrogen and oxygen atoms in total. The summed E-state index contributed by atoms with van der Waals surface area (Å²) in [6.07, 6.45) is 0.810. The fourth-order valence-corrected chi connectivity index (χ4v) is 1.19. The summed E-state index contributed by atoms with van der Waals surface area (Å²) < 4.78 is 0. The van der Waals surface area contributed by atoms with Gasteiger partial charge in [-0.2, -0.15) is 0 Å². The molecule has 0 aliphatic heterocycles. The van der Waals surface area contributed by atoms with Gasteiger partial charge in [-0.1, -0.05) is 6.92 Å². The maximum absolute atomic E-state index is 11.5. The van der Waals surface area contributed by atoms with Crippen molar-refractivity contribution in [2.24, 2.45) is 0 Å². The molecule has 0 aliphatic rings. The van der Waals surface area contributed by atoms with Crippen LogP contribution < -0.4 is 5.32 Å². The first-order chi connectivity index (χ1) is 7.56. The van der Waals surface area contributed by atoms with Crippen molar-refractivity contribution >= 4 is 11.9 Å². The van der Waals surface area contributed by atoms with Gasteiger partial charge in [-0.05, 0) is 24.6 Å². The van der Waals surface area contributed by atoms with Crippen LogP contribution in [0, 0.1) is 0 Å². The van der Waals surface area contributed by atoms with Crippen LogP contribution in [0.15, 0.2) is 18.2 Å². The molecule has 3 N–H and O–H groups in total. The van der Waals surface area contributed by atoms with E-state index >= 15 is 0 Å². The lowest BCUT2D eigenvalue weighted by molar-refractivity contribution is 0.0693. The normalized spacial score (nSPS) is 9.81. The maximum atomic E-state index is 11.5. The molecule has 0 atom stereocenters. The fraction of sp³-hybridized carbons (Fsp3) is 0.273. The summed E-state index contributed by atoms with van der Waals surface area (Å²) in [5.41, 5.74) is 0.0305. The van der Waals surface area contributed by atoms with Gasteiger partial charge in [0.2, 0.25) is 0 Å². The van der Waals surface area contributed by atoms with E-state index < -0.39 is 11.7 Å². The number of hydrogen-bond acceptors (Lipinski definition) is 3. The molecule has 16 heavy (non-hydrogen) atoms. The van der Waals surface area contributed by atoms with Crippen molar-refractivity contribution in [1.82, 2.24) is 5.32 Å². The number of rotatable bonds is 4. The zero-order valence-corrected chi connectivity index (χ0v) is 8.86. The minimum Gasteiger partial charge on any atom is -0.507 e. The first-order valence-electron chi connectivity index (χ1n) is 4.90. The molecule has 0 heterocycles. The second-order valence-electron chi connectivity index (χ2n) is 3.29. The van der Waals surface area contributed by atoms with Gasteiger partial charge < -0.3 is 15.5 Å². The molecule has 0 spiro atoms. The van der Waals surface area contributed by atoms with Crippen molar-refractivity contribution in [1.29, 1.82) is 0 Å². The Morgan fingerprint density at radius 3 is 2.56 bits per heavy atom. The lowest BCUT2D eigenvalue weighted by Gasteiger charge is -2.05. The molecule has 1 aromatic carbocycles. The van der Waals surface area contributed by atoms with Crippen LogP contribution in [0.5, 0.6) is 5.75 Å². The molecule has 5 heteroatoms. The van der Waals surface area contributed by atoms with Gasteiger partial charge in [-0.15, -0.1) is 0 Å². The highest BCUT2D eigenvalue weighted by atomic mass is 16.4. The van der Waals surface area contributed by atoms with E-state index in [4.69, 9.17) is 5.11 Å². The van der Waals surface area contributed by atoms with Crippen LogP contribution in [-0.2, 0) is 0 Å². The first kappa shape index (κ1) is 12.0. The number of phenols is 1. The molecule has 1 aromatic rings. The second kappa shape index (κ2) is 5.16. The summed E-state index contributed by atoms with van der Waals surface area (Å²) in [6.45, 7) is 2.46. The van der Waals surface area contributed by atoms with Crippen molar-refractivity contribution in [2.45, 2.75) is 13.3 Å². The van der Waals surface area contributed by atoms with Crippen LogP contribution in [0.3, 0.4) is 0 Å². The standard InChI is InChI=1S/C11H13NO4/c1-2-5-12-10(14)7-3-4-8(11(15)16)9(13)6-7/h3-4,6,13H,2,5H2,1H3,(H,12,14)(H,15,16). The number of carbonyl (C=O) groups excluding carboxylic acids is 1. The van der Waals surface area contributed by atoms with E-state index in [-0.39, 0.29) is 17.0 Å². The summed E-state index contributed by atoms with van der Waals surface area (Å²) in [6, 6.07) is 3.72. The topological polar surface area (TPSA) is 86.6 Å². The quantitative estimate of drug-likeness (QED) is 0.716. The summed E-state index contributed by atoms with van der Waals surface area (Å²) in [7, 11) is 0. The molecule has 0 saturated heterocycles. The van der Waals surface area contributed by atoms with Gasteiger partial charge in [0.05, 0.1) is 0 Å². The lowest BCUT2D eigenvalue weighted by Crippen LogP contribution is -2.23. The van der Waals surface area contributed by atoms with Gasteiger partial charge in [0, 0.05) is 12.1 Å². The van der Waals surface area contributed by atoms with Crippen molar-refractivity contribution in [3.63, 3.8) is 0 Å². The van der Waals surface area contributed by atoms with Crippen LogP contribution in [0.1, 0.15) is 34.1 Å². The Morgan fingerprint density at radius 1 is 1.38 bits per heavy atom. The number of amides is 1. The maximum Gasteiger partial charge on any atom is 0.339 e. The summed E-state index contributed by atoms with van der Waals surface area (Å²) in [5, 5.41) is 20.7. The van der Waals surface area contributed by atoms with E-state index in [2.05, 4.69) is 5.32 Å². The molecule has 1 amide bonds. The SMILES string of the molecule is CCCNC(=O)c1ccc(C(=O)O)c(O)c1. The molecule has 0 unspecified atom stereocenters. The Hall–Kier alpha value is -2.04. The van der Waals surface area contributed by atoms with Crippen LogP contribution in [0.25, 0.3) is 0 Å². The zero-order valence-electron chi connectivity index (χ0n) is 8.86. The van der Waals surface area contributed by atoms with E-state index in [0.717, 1.165) is 12.5 Å². The van der Waals surface area contributed by atoms with E-state index in [0.29, 0.717) is 6.54 Å². The van der Waals surface area contributed by atoms with Crippen molar-refractivity contribution in [3.8, 4) is 5.75 Å². The van der Waals surface area contributed by atoms with Crippen molar-refractivity contribution < 1.29 is 19.8 Å². The van der Waals surface area contributed by atoms with E-state index in [1.54, 1.807) is 0 Å². The first-order valence-corrected chi connectivity index (χ1v) is 4.90. The number of aromatic carboxylic acids is 1. The van der Waals surface area contributed by atoms with E-state index in [1.807, 2.05) is 6.92 Å². The highest BCUT2D eigenvalue weighted by molar-refractivity contribution is 5.97. The number of carbonyl (C=O) groups is 2. The second-order valence-corrected chi connectivity index (χ2v) is 3.29. The van der Waals surface area contributed by atoms with Gasteiger partial charge in [0.25, 0.3) is 5.91 Å². The minimum absolute atomic E-state index is 0.216. The molecule has 1 rings (SSSR count). The monoisotopic (exact) mass is 223 g/mol. The third-order valence-electron chi connectivity index (χ3n) is 2.03. The predicted molar refractivity (Wildman–Crippen MR) is 57.7 cm³/mol. The van der Waals surface area contributed by atoms with Gasteiger partial charge in [-0.25, -0.2) is 4.79 Å². The van der Waals surface area contributed by atoms with Crippen LogP contribution in [-0.4, -0.2) is 28.6 Å². The average Bonchev–Trinajstić information content (AvgIpc) is 2.25. The van der Waals surface area contributed by atoms with Gasteiger partial charge in [0.15, 0.2) is 0 Å². The smallest absolute Gasteiger partial charge is 0.339 e. The van der Waals surface area contributed by atoms with Gasteiger partial charge in [-0.3, -0.25) is 4.79 Å².